The molecule has 0 amide bonds. The fourth-order valence-corrected chi connectivity index (χ4v) is 3.29. The molecule has 15 heavy (non-hydrogen) atoms. The predicted octanol–water partition coefficient (Wildman–Crippen LogP) is 0.0763. The molecular weight excluding hydrogens is 193 g/mol. The number of halogens is 1. The van der Waals surface area contributed by atoms with Gasteiger partial charge in [0.2, 0.25) is 0 Å². The van der Waals surface area contributed by atoms with Crippen LogP contribution in [0.3, 0.4) is 0 Å². The smallest absolute Gasteiger partial charge is 0.114 e. The third-order valence-electron chi connectivity index (χ3n) is 4.15. The van der Waals surface area contributed by atoms with Crippen molar-refractivity contribution < 1.29 is 4.39 Å². The second kappa shape index (κ2) is 4.00. The van der Waals surface area contributed by atoms with Gasteiger partial charge in [-0.2, -0.15) is 0 Å². The molecule has 1 N–H and O–H groups in total. The summed E-state index contributed by atoms with van der Waals surface area (Å²) < 4.78 is 13.3. The lowest BCUT2D eigenvalue weighted by Gasteiger charge is -2.40. The van der Waals surface area contributed by atoms with Crippen LogP contribution in [0.5, 0.6) is 0 Å². The van der Waals surface area contributed by atoms with E-state index in [9.17, 15) is 4.39 Å². The Balaban J connectivity index is 1.60. The molecule has 0 radical (unpaired) electrons. The van der Waals surface area contributed by atoms with Gasteiger partial charge in [-0.15, -0.1) is 0 Å². The van der Waals surface area contributed by atoms with E-state index in [1.807, 2.05) is 0 Å². The van der Waals surface area contributed by atoms with Crippen LogP contribution in [0.25, 0.3) is 0 Å². The maximum Gasteiger partial charge on any atom is 0.114 e. The first-order valence-electron chi connectivity index (χ1n) is 6.16. The number of nitrogens with zero attached hydrogens (tertiary/aromatic N) is 2. The predicted molar refractivity (Wildman–Crippen MR) is 57.7 cm³/mol. The number of fused-ring (bicyclic) bond motifs is 1. The molecule has 0 saturated carbocycles. The highest BCUT2D eigenvalue weighted by Gasteiger charge is 2.38. The first-order valence-corrected chi connectivity index (χ1v) is 6.16. The molecule has 0 aromatic rings. The molecule has 3 rings (SSSR count). The zero-order chi connectivity index (χ0) is 10.3. The number of nitrogens with one attached hydrogen (secondary N) is 1. The van der Waals surface area contributed by atoms with E-state index < -0.39 is 6.17 Å². The SMILES string of the molecule is F[C@H]1C[C@H]2CN([C@H]3CCNC3)CCN2C1. The molecule has 3 fully saturated rings. The first-order chi connectivity index (χ1) is 7.33. The van der Waals surface area contributed by atoms with Gasteiger partial charge in [0.25, 0.3) is 0 Å². The Morgan fingerprint density at radius 1 is 1.07 bits per heavy atom. The standard InChI is InChI=1S/C11H20FN3/c12-9-5-11-8-15(4-3-14(11)7-9)10-1-2-13-6-10/h9-11,13H,1-8H2/t9-,10-,11-/m0/s1. The molecule has 0 unspecified atom stereocenters. The summed E-state index contributed by atoms with van der Waals surface area (Å²) >= 11 is 0. The maximum atomic E-state index is 13.3. The molecule has 0 aromatic carbocycles. The van der Waals surface area contributed by atoms with Crippen molar-refractivity contribution in [2.75, 3.05) is 39.3 Å². The van der Waals surface area contributed by atoms with E-state index in [-0.39, 0.29) is 0 Å². The van der Waals surface area contributed by atoms with Crippen LogP contribution in [-0.4, -0.2) is 67.3 Å². The molecular formula is C11H20FN3. The molecule has 86 valence electrons. The third kappa shape index (κ3) is 1.90. The van der Waals surface area contributed by atoms with Crippen molar-refractivity contribution in [3.63, 3.8) is 0 Å². The van der Waals surface area contributed by atoms with Crippen LogP contribution >= 0.6 is 0 Å². The molecule has 3 aliphatic heterocycles. The Morgan fingerprint density at radius 2 is 1.87 bits per heavy atom. The minimum absolute atomic E-state index is 0.495. The lowest BCUT2D eigenvalue weighted by molar-refractivity contribution is 0.0771. The van der Waals surface area contributed by atoms with E-state index in [2.05, 4.69) is 15.1 Å². The summed E-state index contributed by atoms with van der Waals surface area (Å²) in [6.07, 6.45) is 1.46. The van der Waals surface area contributed by atoms with Crippen LogP contribution in [-0.2, 0) is 0 Å². The molecule has 3 aliphatic rings. The van der Waals surface area contributed by atoms with Crippen LogP contribution < -0.4 is 5.32 Å². The average molecular weight is 213 g/mol. The van der Waals surface area contributed by atoms with Crippen LogP contribution in [0.4, 0.5) is 4.39 Å². The van der Waals surface area contributed by atoms with Gasteiger partial charge in [0.05, 0.1) is 0 Å². The number of rotatable bonds is 1. The molecule has 0 aromatic heterocycles. The molecule has 0 bridgehead atoms. The van der Waals surface area contributed by atoms with Gasteiger partial charge in [-0.05, 0) is 19.4 Å². The van der Waals surface area contributed by atoms with Gasteiger partial charge in [0, 0.05) is 44.8 Å². The van der Waals surface area contributed by atoms with Gasteiger partial charge in [-0.25, -0.2) is 4.39 Å². The second-order valence-electron chi connectivity index (χ2n) is 5.12. The highest BCUT2D eigenvalue weighted by molar-refractivity contribution is 4.94. The van der Waals surface area contributed by atoms with Gasteiger partial charge < -0.3 is 5.32 Å². The summed E-state index contributed by atoms with van der Waals surface area (Å²) in [6, 6.07) is 1.21. The van der Waals surface area contributed by atoms with Gasteiger partial charge in [-0.1, -0.05) is 0 Å². The monoisotopic (exact) mass is 213 g/mol. The molecule has 0 aliphatic carbocycles. The fourth-order valence-electron chi connectivity index (χ4n) is 3.29. The summed E-state index contributed by atoms with van der Waals surface area (Å²) in [5.74, 6) is 0. The zero-order valence-corrected chi connectivity index (χ0v) is 9.16. The number of alkyl halides is 1. The average Bonchev–Trinajstić information content (AvgIpc) is 2.82. The van der Waals surface area contributed by atoms with Gasteiger partial charge in [0.1, 0.15) is 6.17 Å². The Hall–Kier alpha value is -0.190. The summed E-state index contributed by atoms with van der Waals surface area (Å²) in [5.41, 5.74) is 0. The highest BCUT2D eigenvalue weighted by atomic mass is 19.1. The van der Waals surface area contributed by atoms with Crippen LogP contribution in [0.15, 0.2) is 0 Å². The van der Waals surface area contributed by atoms with E-state index in [0.717, 1.165) is 39.1 Å². The van der Waals surface area contributed by atoms with Crippen molar-refractivity contribution >= 4 is 0 Å². The zero-order valence-electron chi connectivity index (χ0n) is 9.16. The van der Waals surface area contributed by atoms with Crippen molar-refractivity contribution in [2.24, 2.45) is 0 Å². The molecule has 4 heteroatoms. The molecule has 3 nitrogen and oxygen atoms in total. The fraction of sp³-hybridized carbons (Fsp3) is 1.00. The van der Waals surface area contributed by atoms with Crippen molar-refractivity contribution in [3.05, 3.63) is 0 Å². The van der Waals surface area contributed by atoms with Crippen molar-refractivity contribution in [1.82, 2.24) is 15.1 Å². The largest absolute Gasteiger partial charge is 0.315 e. The van der Waals surface area contributed by atoms with Crippen LogP contribution in [0, 0.1) is 0 Å². The Bertz CT molecular complexity index is 230. The lowest BCUT2D eigenvalue weighted by Crippen LogP contribution is -2.53. The Labute approximate surface area is 90.6 Å². The van der Waals surface area contributed by atoms with E-state index in [1.54, 1.807) is 0 Å². The van der Waals surface area contributed by atoms with Gasteiger partial charge >= 0.3 is 0 Å². The highest BCUT2D eigenvalue weighted by Crippen LogP contribution is 2.25. The van der Waals surface area contributed by atoms with Crippen molar-refractivity contribution in [1.29, 1.82) is 0 Å². The van der Waals surface area contributed by atoms with E-state index in [0.29, 0.717) is 18.6 Å². The van der Waals surface area contributed by atoms with E-state index in [1.165, 1.54) is 6.42 Å². The third-order valence-corrected chi connectivity index (χ3v) is 4.15. The minimum atomic E-state index is -0.573. The number of hydrogen-bond acceptors (Lipinski definition) is 3. The van der Waals surface area contributed by atoms with Crippen LogP contribution in [0.1, 0.15) is 12.8 Å². The number of hydrogen-bond donors (Lipinski definition) is 1. The quantitative estimate of drug-likeness (QED) is 0.665. The maximum absolute atomic E-state index is 13.3. The van der Waals surface area contributed by atoms with Gasteiger partial charge in [-0.3, -0.25) is 9.80 Å². The summed E-state index contributed by atoms with van der Waals surface area (Å²) in [4.78, 5) is 4.91. The van der Waals surface area contributed by atoms with E-state index in [4.69, 9.17) is 0 Å². The Morgan fingerprint density at radius 3 is 2.60 bits per heavy atom. The lowest BCUT2D eigenvalue weighted by atomic mass is 10.1. The summed E-state index contributed by atoms with van der Waals surface area (Å²) in [6.45, 7) is 6.26. The van der Waals surface area contributed by atoms with Crippen molar-refractivity contribution in [2.45, 2.75) is 31.1 Å². The van der Waals surface area contributed by atoms with Crippen molar-refractivity contribution in [3.8, 4) is 0 Å². The second-order valence-corrected chi connectivity index (χ2v) is 5.12. The van der Waals surface area contributed by atoms with Crippen LogP contribution in [0.2, 0.25) is 0 Å². The molecule has 0 spiro atoms. The number of piperazine rings is 1. The summed E-state index contributed by atoms with van der Waals surface area (Å²) in [7, 11) is 0. The molecule has 3 saturated heterocycles. The minimum Gasteiger partial charge on any atom is -0.315 e. The first kappa shape index (κ1) is 10.00. The molecule has 3 heterocycles. The summed E-state index contributed by atoms with van der Waals surface area (Å²) in [5, 5.41) is 3.41. The topological polar surface area (TPSA) is 18.5 Å². The Kier molecular flexibility index (Phi) is 2.66. The van der Waals surface area contributed by atoms with Gasteiger partial charge in [0.15, 0.2) is 0 Å². The molecule has 3 atom stereocenters. The normalized spacial score (nSPS) is 43.4. The van der Waals surface area contributed by atoms with E-state index >= 15 is 0 Å².